The monoisotopic (exact) mass is 247 g/mol. The molecule has 0 spiro atoms. The Bertz CT molecular complexity index is 357. The zero-order valence-corrected chi connectivity index (χ0v) is 11.9. The quantitative estimate of drug-likeness (QED) is 0.815. The van der Waals surface area contributed by atoms with Crippen LogP contribution in [0.25, 0.3) is 0 Å². The fraction of sp³-hybridized carbons (Fsp3) is 1.00. The maximum atomic E-state index is 11.6. The Morgan fingerprint density at radius 2 is 1.75 bits per heavy atom. The molecule has 2 N–H and O–H groups in total. The third kappa shape index (κ3) is 2.77. The highest BCUT2D eigenvalue weighted by Gasteiger charge is 2.45. The molecule has 0 bridgehead atoms. The Kier molecular flexibility index (Phi) is 3.48. The van der Waals surface area contributed by atoms with Crippen molar-refractivity contribution in [2.45, 2.75) is 58.6 Å². The Morgan fingerprint density at radius 3 is 2.12 bits per heavy atom. The lowest BCUT2D eigenvalue weighted by molar-refractivity contribution is 0.112. The standard InChI is InChI=1S/C12H25NO2S/c1-9-6-10(8-11(2,3)7-9)12(4,5)16(13,14)15/h9-10H,6-8H2,1-5H3,(H2,13,14,15). The molecule has 1 saturated carbocycles. The van der Waals surface area contributed by atoms with Crippen molar-refractivity contribution in [3.8, 4) is 0 Å². The maximum Gasteiger partial charge on any atom is 0.214 e. The van der Waals surface area contributed by atoms with Crippen LogP contribution < -0.4 is 5.14 Å². The van der Waals surface area contributed by atoms with Crippen molar-refractivity contribution in [2.75, 3.05) is 0 Å². The van der Waals surface area contributed by atoms with Gasteiger partial charge < -0.3 is 0 Å². The highest BCUT2D eigenvalue weighted by atomic mass is 32.2. The van der Waals surface area contributed by atoms with Gasteiger partial charge in [-0.2, -0.15) is 0 Å². The smallest absolute Gasteiger partial charge is 0.214 e. The van der Waals surface area contributed by atoms with Crippen LogP contribution in [0.2, 0.25) is 0 Å². The molecule has 1 aliphatic carbocycles. The number of hydrogen-bond acceptors (Lipinski definition) is 2. The van der Waals surface area contributed by atoms with Gasteiger partial charge in [0.25, 0.3) is 0 Å². The molecule has 2 atom stereocenters. The van der Waals surface area contributed by atoms with Crippen LogP contribution in [0.3, 0.4) is 0 Å². The molecule has 16 heavy (non-hydrogen) atoms. The van der Waals surface area contributed by atoms with Gasteiger partial charge in [0, 0.05) is 0 Å². The first-order valence-electron chi connectivity index (χ1n) is 5.98. The van der Waals surface area contributed by atoms with Gasteiger partial charge in [-0.25, -0.2) is 13.6 Å². The van der Waals surface area contributed by atoms with E-state index in [0.29, 0.717) is 5.92 Å². The minimum atomic E-state index is -3.48. The van der Waals surface area contributed by atoms with Crippen molar-refractivity contribution in [1.82, 2.24) is 0 Å². The molecule has 1 fully saturated rings. The third-order valence-corrected chi connectivity index (χ3v) is 5.90. The zero-order valence-electron chi connectivity index (χ0n) is 11.1. The third-order valence-electron chi connectivity index (χ3n) is 4.10. The van der Waals surface area contributed by atoms with E-state index in [4.69, 9.17) is 5.14 Å². The summed E-state index contributed by atoms with van der Waals surface area (Å²) in [5, 5.41) is 5.35. The highest BCUT2D eigenvalue weighted by molar-refractivity contribution is 7.90. The van der Waals surface area contributed by atoms with Gasteiger partial charge in [0.2, 0.25) is 10.0 Å². The van der Waals surface area contributed by atoms with E-state index < -0.39 is 14.8 Å². The predicted octanol–water partition coefficient (Wildman–Crippen LogP) is 2.52. The lowest BCUT2D eigenvalue weighted by Crippen LogP contribution is -2.48. The van der Waals surface area contributed by atoms with Crippen LogP contribution >= 0.6 is 0 Å². The van der Waals surface area contributed by atoms with Crippen molar-refractivity contribution >= 4 is 10.0 Å². The van der Waals surface area contributed by atoms with Crippen molar-refractivity contribution in [1.29, 1.82) is 0 Å². The molecule has 1 rings (SSSR count). The fourth-order valence-corrected chi connectivity index (χ4v) is 3.75. The first-order chi connectivity index (χ1) is 6.96. The van der Waals surface area contributed by atoms with Crippen molar-refractivity contribution in [3.63, 3.8) is 0 Å². The normalized spacial score (nSPS) is 31.4. The lowest BCUT2D eigenvalue weighted by Gasteiger charge is -2.44. The number of primary sulfonamides is 1. The first kappa shape index (κ1) is 14.0. The summed E-state index contributed by atoms with van der Waals surface area (Å²) in [5.41, 5.74) is 0.226. The molecular formula is C12H25NO2S. The van der Waals surface area contributed by atoms with E-state index in [1.54, 1.807) is 13.8 Å². The van der Waals surface area contributed by atoms with E-state index in [0.717, 1.165) is 12.8 Å². The van der Waals surface area contributed by atoms with E-state index >= 15 is 0 Å². The minimum Gasteiger partial charge on any atom is -0.228 e. The van der Waals surface area contributed by atoms with Gasteiger partial charge >= 0.3 is 0 Å². The SMILES string of the molecule is CC1CC(C(C)(C)S(N)(=O)=O)CC(C)(C)C1. The summed E-state index contributed by atoms with van der Waals surface area (Å²) in [7, 11) is -3.48. The molecule has 0 aromatic carbocycles. The summed E-state index contributed by atoms with van der Waals surface area (Å²) in [6.07, 6.45) is 3.08. The molecule has 3 nitrogen and oxygen atoms in total. The van der Waals surface area contributed by atoms with Crippen LogP contribution in [0.15, 0.2) is 0 Å². The second-order valence-corrected chi connectivity index (χ2v) is 8.90. The van der Waals surface area contributed by atoms with Crippen LogP contribution in [-0.4, -0.2) is 13.2 Å². The molecule has 2 unspecified atom stereocenters. The van der Waals surface area contributed by atoms with Crippen LogP contribution in [0.5, 0.6) is 0 Å². The molecule has 0 aromatic rings. The molecule has 1 aliphatic rings. The second kappa shape index (κ2) is 3.98. The number of hydrogen-bond donors (Lipinski definition) is 1. The summed E-state index contributed by atoms with van der Waals surface area (Å²) >= 11 is 0. The Labute approximate surface area is 99.8 Å². The van der Waals surface area contributed by atoms with Crippen LogP contribution in [0.1, 0.15) is 53.9 Å². The number of sulfonamides is 1. The van der Waals surface area contributed by atoms with Crippen LogP contribution in [-0.2, 0) is 10.0 Å². The average Bonchev–Trinajstić information content (AvgIpc) is 1.97. The van der Waals surface area contributed by atoms with Crippen LogP contribution in [0.4, 0.5) is 0 Å². The number of rotatable bonds is 2. The summed E-state index contributed by atoms with van der Waals surface area (Å²) in [6.45, 7) is 10.2. The molecule has 0 aromatic heterocycles. The minimum absolute atomic E-state index is 0.168. The van der Waals surface area contributed by atoms with Crippen LogP contribution in [0, 0.1) is 17.3 Å². The summed E-state index contributed by atoms with van der Waals surface area (Å²) < 4.78 is 22.5. The Balaban J connectivity index is 2.97. The molecule has 0 amide bonds. The van der Waals surface area contributed by atoms with E-state index in [1.807, 2.05) is 0 Å². The molecular weight excluding hydrogens is 222 g/mol. The zero-order chi connectivity index (χ0) is 12.8. The highest BCUT2D eigenvalue weighted by Crippen LogP contribution is 2.46. The molecule has 0 heterocycles. The molecule has 0 saturated heterocycles. The largest absolute Gasteiger partial charge is 0.228 e. The van der Waals surface area contributed by atoms with Gasteiger partial charge in [-0.15, -0.1) is 0 Å². The van der Waals surface area contributed by atoms with E-state index in [2.05, 4.69) is 20.8 Å². The topological polar surface area (TPSA) is 60.2 Å². The number of nitrogens with two attached hydrogens (primary N) is 1. The summed E-state index contributed by atoms with van der Waals surface area (Å²) in [6, 6.07) is 0. The Morgan fingerprint density at radius 1 is 1.25 bits per heavy atom. The molecule has 96 valence electrons. The van der Waals surface area contributed by atoms with E-state index in [-0.39, 0.29) is 11.3 Å². The summed E-state index contributed by atoms with van der Waals surface area (Å²) in [5.74, 6) is 0.746. The van der Waals surface area contributed by atoms with E-state index in [1.165, 1.54) is 6.42 Å². The fourth-order valence-electron chi connectivity index (χ4n) is 3.11. The van der Waals surface area contributed by atoms with Gasteiger partial charge in [-0.05, 0) is 50.4 Å². The molecule has 0 aliphatic heterocycles. The molecule has 4 heteroatoms. The van der Waals surface area contributed by atoms with Gasteiger partial charge in [0.05, 0.1) is 4.75 Å². The van der Waals surface area contributed by atoms with Gasteiger partial charge in [-0.1, -0.05) is 20.8 Å². The second-order valence-electron chi connectivity index (χ2n) is 6.76. The molecule has 0 radical (unpaired) electrons. The predicted molar refractivity (Wildman–Crippen MR) is 67.5 cm³/mol. The van der Waals surface area contributed by atoms with Gasteiger partial charge in [0.1, 0.15) is 0 Å². The lowest BCUT2D eigenvalue weighted by atomic mass is 9.65. The maximum absolute atomic E-state index is 11.6. The van der Waals surface area contributed by atoms with Crippen molar-refractivity contribution in [2.24, 2.45) is 22.4 Å². The van der Waals surface area contributed by atoms with Gasteiger partial charge in [0.15, 0.2) is 0 Å². The van der Waals surface area contributed by atoms with E-state index in [9.17, 15) is 8.42 Å². The van der Waals surface area contributed by atoms with Crippen molar-refractivity contribution in [3.05, 3.63) is 0 Å². The van der Waals surface area contributed by atoms with Crippen molar-refractivity contribution < 1.29 is 8.42 Å². The average molecular weight is 247 g/mol. The Hall–Kier alpha value is -0.0900. The van der Waals surface area contributed by atoms with Gasteiger partial charge in [-0.3, -0.25) is 0 Å². The summed E-state index contributed by atoms with van der Waals surface area (Å²) in [4.78, 5) is 0. The first-order valence-corrected chi connectivity index (χ1v) is 7.53.